The Balaban J connectivity index is 1.29. The van der Waals surface area contributed by atoms with E-state index in [0.717, 1.165) is 34.0 Å². The lowest BCUT2D eigenvalue weighted by Crippen LogP contribution is -2.10. The van der Waals surface area contributed by atoms with Crippen molar-refractivity contribution in [2.75, 3.05) is 4.90 Å². The number of hydrogen-bond acceptors (Lipinski definition) is 3. The SMILES string of the molecule is Cc1ccc(N(c2ccc3sc4ccccc4c3c2)c2cccc3c2c2ccccc2n3-c2ccc(-c3ccccn3)cc2)cc1. The number of hydrogen-bond donors (Lipinski definition) is 0. The number of rotatable bonds is 5. The molecule has 3 aromatic heterocycles. The Labute approximate surface area is 271 Å². The fraction of sp³-hybridized carbons (Fsp3) is 0.0238. The molecule has 0 atom stereocenters. The van der Waals surface area contributed by atoms with E-state index in [2.05, 4.69) is 161 Å². The van der Waals surface area contributed by atoms with Crippen LogP contribution in [0.25, 0.3) is 58.9 Å². The summed E-state index contributed by atoms with van der Waals surface area (Å²) in [7, 11) is 0. The molecule has 0 bridgehead atoms. The van der Waals surface area contributed by atoms with Crippen molar-refractivity contribution in [3.05, 3.63) is 163 Å². The lowest BCUT2D eigenvalue weighted by Gasteiger charge is -2.27. The molecule has 3 heterocycles. The van der Waals surface area contributed by atoms with Crippen molar-refractivity contribution in [3.8, 4) is 16.9 Å². The van der Waals surface area contributed by atoms with Crippen LogP contribution in [0.15, 0.2) is 158 Å². The second kappa shape index (κ2) is 10.7. The van der Waals surface area contributed by atoms with Crippen LogP contribution in [0.4, 0.5) is 17.1 Å². The van der Waals surface area contributed by atoms with Gasteiger partial charge in [0.05, 0.1) is 22.4 Å². The van der Waals surface area contributed by atoms with Gasteiger partial charge in [0.1, 0.15) is 0 Å². The van der Waals surface area contributed by atoms with E-state index < -0.39 is 0 Å². The molecule has 9 aromatic rings. The monoisotopic (exact) mass is 607 g/mol. The molecule has 0 saturated carbocycles. The lowest BCUT2D eigenvalue weighted by atomic mass is 10.1. The number of pyridine rings is 1. The first-order valence-electron chi connectivity index (χ1n) is 15.5. The number of benzene rings is 6. The number of anilines is 3. The van der Waals surface area contributed by atoms with Gasteiger partial charge in [0.25, 0.3) is 0 Å². The van der Waals surface area contributed by atoms with Crippen LogP contribution in [0.5, 0.6) is 0 Å². The molecule has 218 valence electrons. The highest BCUT2D eigenvalue weighted by atomic mass is 32.1. The predicted octanol–water partition coefficient (Wildman–Crippen LogP) is 12.0. The van der Waals surface area contributed by atoms with Gasteiger partial charge < -0.3 is 9.47 Å². The number of fused-ring (bicyclic) bond motifs is 6. The van der Waals surface area contributed by atoms with Crippen molar-refractivity contribution in [2.45, 2.75) is 6.92 Å². The van der Waals surface area contributed by atoms with Crippen molar-refractivity contribution < 1.29 is 0 Å². The quantitative estimate of drug-likeness (QED) is 0.194. The Morgan fingerprint density at radius 2 is 1.28 bits per heavy atom. The summed E-state index contributed by atoms with van der Waals surface area (Å²) >= 11 is 1.85. The number of nitrogens with zero attached hydrogens (tertiary/aromatic N) is 3. The third-order valence-corrected chi connectivity index (χ3v) is 10.1. The van der Waals surface area contributed by atoms with Crippen LogP contribution >= 0.6 is 11.3 Å². The van der Waals surface area contributed by atoms with E-state index in [0.29, 0.717) is 0 Å². The van der Waals surface area contributed by atoms with Gasteiger partial charge in [0.2, 0.25) is 0 Å². The Hall–Kier alpha value is -5.71. The van der Waals surface area contributed by atoms with Crippen molar-refractivity contribution in [1.82, 2.24) is 9.55 Å². The second-order valence-corrected chi connectivity index (χ2v) is 12.8. The van der Waals surface area contributed by atoms with Gasteiger partial charge in [-0.05, 0) is 85.8 Å². The van der Waals surface area contributed by atoms with Gasteiger partial charge in [0.15, 0.2) is 0 Å². The van der Waals surface area contributed by atoms with Crippen molar-refractivity contribution >= 4 is 70.4 Å². The first kappa shape index (κ1) is 26.7. The molecule has 0 aliphatic heterocycles. The highest BCUT2D eigenvalue weighted by molar-refractivity contribution is 7.25. The molecular weight excluding hydrogens is 579 g/mol. The summed E-state index contributed by atoms with van der Waals surface area (Å²) in [6.07, 6.45) is 1.84. The summed E-state index contributed by atoms with van der Waals surface area (Å²) < 4.78 is 5.01. The molecule has 4 heteroatoms. The highest BCUT2D eigenvalue weighted by Crippen LogP contribution is 2.45. The van der Waals surface area contributed by atoms with E-state index >= 15 is 0 Å². The fourth-order valence-electron chi connectivity index (χ4n) is 6.75. The minimum atomic E-state index is 0.975. The van der Waals surface area contributed by atoms with Crippen LogP contribution in [0.3, 0.4) is 0 Å². The topological polar surface area (TPSA) is 21.1 Å². The van der Waals surface area contributed by atoms with E-state index in [-0.39, 0.29) is 0 Å². The molecule has 0 aliphatic carbocycles. The first-order chi connectivity index (χ1) is 22.7. The normalized spacial score (nSPS) is 11.6. The van der Waals surface area contributed by atoms with Gasteiger partial charge in [-0.3, -0.25) is 4.98 Å². The zero-order valence-electron chi connectivity index (χ0n) is 25.3. The van der Waals surface area contributed by atoms with Gasteiger partial charge in [0, 0.05) is 59.8 Å². The van der Waals surface area contributed by atoms with Crippen molar-refractivity contribution in [3.63, 3.8) is 0 Å². The summed E-state index contributed by atoms with van der Waals surface area (Å²) in [4.78, 5) is 6.98. The molecule has 9 rings (SSSR count). The Bertz CT molecular complexity index is 2520. The van der Waals surface area contributed by atoms with Crippen LogP contribution < -0.4 is 4.90 Å². The maximum atomic E-state index is 4.56. The smallest absolute Gasteiger partial charge is 0.0701 e. The molecule has 0 aliphatic rings. The van der Waals surface area contributed by atoms with Gasteiger partial charge >= 0.3 is 0 Å². The maximum Gasteiger partial charge on any atom is 0.0701 e. The van der Waals surface area contributed by atoms with Gasteiger partial charge in [-0.1, -0.05) is 78.4 Å². The molecule has 0 spiro atoms. The maximum absolute atomic E-state index is 4.56. The average Bonchev–Trinajstić information content (AvgIpc) is 3.66. The van der Waals surface area contributed by atoms with E-state index in [9.17, 15) is 0 Å². The summed E-state index contributed by atoms with van der Waals surface area (Å²) in [5, 5.41) is 5.04. The molecule has 0 unspecified atom stereocenters. The summed E-state index contributed by atoms with van der Waals surface area (Å²) in [5.74, 6) is 0. The Kier molecular flexibility index (Phi) is 6.22. The minimum absolute atomic E-state index is 0.975. The molecule has 0 saturated heterocycles. The number of para-hydroxylation sites is 1. The first-order valence-corrected chi connectivity index (χ1v) is 16.4. The summed E-state index contributed by atoms with van der Waals surface area (Å²) in [6, 6.07) is 54.7. The molecule has 0 amide bonds. The van der Waals surface area contributed by atoms with Crippen LogP contribution in [0.1, 0.15) is 5.56 Å². The fourth-order valence-corrected chi connectivity index (χ4v) is 7.84. The molecule has 46 heavy (non-hydrogen) atoms. The summed E-state index contributed by atoms with van der Waals surface area (Å²) in [6.45, 7) is 2.14. The van der Waals surface area contributed by atoms with Crippen LogP contribution in [0, 0.1) is 6.92 Å². The standard InChI is InChI=1S/C42H29N3S/c1-28-16-20-30(21-17-28)44(32-24-25-41-35(27-32)33-9-3-5-15-40(33)46-41)38-13-8-14-39-42(38)34-10-2-4-12-37(34)45(39)31-22-18-29(19-23-31)36-11-6-7-26-43-36/h2-27H,1H3. The van der Waals surface area contributed by atoms with E-state index in [1.165, 1.54) is 47.5 Å². The third kappa shape index (κ3) is 4.30. The largest absolute Gasteiger partial charge is 0.310 e. The molecule has 0 fully saturated rings. The van der Waals surface area contributed by atoms with Gasteiger partial charge in [-0.2, -0.15) is 0 Å². The van der Waals surface area contributed by atoms with Crippen LogP contribution in [-0.4, -0.2) is 9.55 Å². The highest BCUT2D eigenvalue weighted by Gasteiger charge is 2.21. The van der Waals surface area contributed by atoms with Crippen molar-refractivity contribution in [1.29, 1.82) is 0 Å². The predicted molar refractivity (Wildman–Crippen MR) is 196 cm³/mol. The second-order valence-electron chi connectivity index (χ2n) is 11.7. The van der Waals surface area contributed by atoms with E-state index in [4.69, 9.17) is 0 Å². The Morgan fingerprint density at radius 3 is 2.11 bits per heavy atom. The lowest BCUT2D eigenvalue weighted by molar-refractivity contribution is 1.18. The molecular formula is C42H29N3S. The third-order valence-electron chi connectivity index (χ3n) is 8.91. The van der Waals surface area contributed by atoms with Crippen LogP contribution in [-0.2, 0) is 0 Å². The Morgan fingerprint density at radius 1 is 0.565 bits per heavy atom. The molecule has 0 N–H and O–H groups in total. The molecule has 3 nitrogen and oxygen atoms in total. The molecule has 0 radical (unpaired) electrons. The van der Waals surface area contributed by atoms with E-state index in [1.807, 2.05) is 29.7 Å². The van der Waals surface area contributed by atoms with E-state index in [1.54, 1.807) is 0 Å². The summed E-state index contributed by atoms with van der Waals surface area (Å²) in [5.41, 5.74) is 10.2. The van der Waals surface area contributed by atoms with Crippen molar-refractivity contribution in [2.24, 2.45) is 0 Å². The molecule has 6 aromatic carbocycles. The number of aryl methyl sites for hydroxylation is 1. The number of thiophene rings is 1. The van der Waals surface area contributed by atoms with Gasteiger partial charge in [-0.15, -0.1) is 11.3 Å². The zero-order valence-corrected chi connectivity index (χ0v) is 26.1. The number of aromatic nitrogens is 2. The average molecular weight is 608 g/mol. The van der Waals surface area contributed by atoms with Crippen LogP contribution in [0.2, 0.25) is 0 Å². The minimum Gasteiger partial charge on any atom is -0.310 e. The van der Waals surface area contributed by atoms with Gasteiger partial charge in [-0.25, -0.2) is 0 Å². The zero-order chi connectivity index (χ0) is 30.6.